The Morgan fingerprint density at radius 1 is 1.20 bits per heavy atom. The largest absolute Gasteiger partial charge is 0.394 e. The standard InChI is InChI=1S/C17H19N3O5/c18-15-11(7-6-10-4-2-1-3-5-10)8-20(17(24)19-15)16-14(23)13(22)12(9-21)25-16/h1-8,12-14,16,21-23H,9H2,(H2,18,19,24)/t12-,13?,14?,16-/m1/s1. The Morgan fingerprint density at radius 3 is 2.56 bits per heavy atom. The molecule has 4 atom stereocenters. The molecule has 1 aliphatic rings. The summed E-state index contributed by atoms with van der Waals surface area (Å²) in [6, 6.07) is 9.49. The van der Waals surface area contributed by atoms with Crippen LogP contribution in [0.2, 0.25) is 0 Å². The highest BCUT2D eigenvalue weighted by atomic mass is 16.6. The molecule has 0 spiro atoms. The van der Waals surface area contributed by atoms with Crippen LogP contribution in [0.5, 0.6) is 0 Å². The molecular weight excluding hydrogens is 326 g/mol. The molecule has 132 valence electrons. The summed E-state index contributed by atoms with van der Waals surface area (Å²) >= 11 is 0. The SMILES string of the molecule is Nc1nc(=O)n([C@@H]2O[C@H](CO)C(O)C2O)cc1C=Cc1ccccc1. The summed E-state index contributed by atoms with van der Waals surface area (Å²) in [5, 5.41) is 29.1. The van der Waals surface area contributed by atoms with Crippen LogP contribution in [0.3, 0.4) is 0 Å². The summed E-state index contributed by atoms with van der Waals surface area (Å²) < 4.78 is 6.43. The fraction of sp³-hybridized carbons (Fsp3) is 0.294. The molecule has 1 aromatic carbocycles. The van der Waals surface area contributed by atoms with Crippen LogP contribution in [0.25, 0.3) is 12.2 Å². The van der Waals surface area contributed by atoms with Crippen LogP contribution in [-0.2, 0) is 4.74 Å². The highest BCUT2D eigenvalue weighted by molar-refractivity contribution is 5.73. The first-order valence-electron chi connectivity index (χ1n) is 7.75. The molecule has 8 heteroatoms. The van der Waals surface area contributed by atoms with Gasteiger partial charge < -0.3 is 25.8 Å². The number of anilines is 1. The number of rotatable bonds is 4. The van der Waals surface area contributed by atoms with Gasteiger partial charge in [-0.1, -0.05) is 36.4 Å². The summed E-state index contributed by atoms with van der Waals surface area (Å²) in [6.45, 7) is -0.480. The number of nitrogens with two attached hydrogens (primary N) is 1. The molecule has 2 unspecified atom stereocenters. The highest BCUT2D eigenvalue weighted by Crippen LogP contribution is 2.28. The third-order valence-corrected chi connectivity index (χ3v) is 4.06. The van der Waals surface area contributed by atoms with Gasteiger partial charge in [-0.05, 0) is 11.6 Å². The van der Waals surface area contributed by atoms with E-state index in [1.807, 2.05) is 30.3 Å². The lowest BCUT2D eigenvalue weighted by Gasteiger charge is -2.18. The number of nitrogens with zero attached hydrogens (tertiary/aromatic N) is 2. The fourth-order valence-corrected chi connectivity index (χ4v) is 2.67. The van der Waals surface area contributed by atoms with E-state index in [0.29, 0.717) is 5.56 Å². The molecular formula is C17H19N3O5. The smallest absolute Gasteiger partial charge is 0.351 e. The lowest BCUT2D eigenvalue weighted by atomic mass is 10.1. The number of nitrogen functional groups attached to an aromatic ring is 1. The minimum atomic E-state index is -1.37. The van der Waals surface area contributed by atoms with E-state index in [1.165, 1.54) is 6.20 Å². The summed E-state index contributed by atoms with van der Waals surface area (Å²) in [5.74, 6) is 0.0418. The second kappa shape index (κ2) is 7.16. The van der Waals surface area contributed by atoms with E-state index >= 15 is 0 Å². The number of aliphatic hydroxyl groups is 3. The molecule has 1 aromatic heterocycles. The van der Waals surface area contributed by atoms with Crippen molar-refractivity contribution in [3.05, 3.63) is 58.1 Å². The molecule has 0 bridgehead atoms. The van der Waals surface area contributed by atoms with Crippen molar-refractivity contribution in [3.8, 4) is 0 Å². The number of aliphatic hydroxyl groups excluding tert-OH is 3. The summed E-state index contributed by atoms with van der Waals surface area (Å²) in [5.41, 5.74) is 6.48. The van der Waals surface area contributed by atoms with Gasteiger partial charge in [-0.2, -0.15) is 4.98 Å². The summed E-state index contributed by atoms with van der Waals surface area (Å²) in [6.07, 6.45) is 0.0946. The van der Waals surface area contributed by atoms with Gasteiger partial charge in [0.15, 0.2) is 6.23 Å². The molecule has 5 N–H and O–H groups in total. The molecule has 2 aromatic rings. The van der Waals surface area contributed by atoms with E-state index in [-0.39, 0.29) is 5.82 Å². The fourth-order valence-electron chi connectivity index (χ4n) is 2.67. The van der Waals surface area contributed by atoms with Gasteiger partial charge in [-0.3, -0.25) is 4.57 Å². The molecule has 0 saturated carbocycles. The van der Waals surface area contributed by atoms with Crippen LogP contribution in [0.1, 0.15) is 17.4 Å². The van der Waals surface area contributed by atoms with Gasteiger partial charge >= 0.3 is 5.69 Å². The van der Waals surface area contributed by atoms with Crippen molar-refractivity contribution in [1.29, 1.82) is 0 Å². The topological polar surface area (TPSA) is 131 Å². The molecule has 1 fully saturated rings. The van der Waals surface area contributed by atoms with Crippen LogP contribution in [0.15, 0.2) is 41.3 Å². The molecule has 3 rings (SSSR count). The average molecular weight is 345 g/mol. The normalized spacial score (nSPS) is 26.4. The highest BCUT2D eigenvalue weighted by Gasteiger charge is 2.43. The Morgan fingerprint density at radius 2 is 1.92 bits per heavy atom. The zero-order valence-electron chi connectivity index (χ0n) is 13.3. The third-order valence-electron chi connectivity index (χ3n) is 4.06. The minimum absolute atomic E-state index is 0.0418. The number of hydrogen-bond acceptors (Lipinski definition) is 7. The summed E-state index contributed by atoms with van der Waals surface area (Å²) in [7, 11) is 0. The van der Waals surface area contributed by atoms with E-state index in [0.717, 1.165) is 10.1 Å². The first-order chi connectivity index (χ1) is 12.0. The van der Waals surface area contributed by atoms with Crippen molar-refractivity contribution in [2.24, 2.45) is 0 Å². The zero-order valence-corrected chi connectivity index (χ0v) is 13.3. The number of ether oxygens (including phenoxy) is 1. The molecule has 0 radical (unpaired) electrons. The predicted molar refractivity (Wildman–Crippen MR) is 91.3 cm³/mol. The lowest BCUT2D eigenvalue weighted by molar-refractivity contribution is -0.0549. The number of aromatic nitrogens is 2. The second-order valence-electron chi connectivity index (χ2n) is 5.74. The molecule has 0 aliphatic carbocycles. The van der Waals surface area contributed by atoms with Crippen LogP contribution in [-0.4, -0.2) is 49.8 Å². The van der Waals surface area contributed by atoms with E-state index < -0.39 is 36.8 Å². The number of benzene rings is 1. The molecule has 0 amide bonds. The molecule has 25 heavy (non-hydrogen) atoms. The van der Waals surface area contributed by atoms with E-state index in [2.05, 4.69) is 4.98 Å². The van der Waals surface area contributed by atoms with Crippen LogP contribution in [0.4, 0.5) is 5.82 Å². The van der Waals surface area contributed by atoms with Crippen molar-refractivity contribution in [1.82, 2.24) is 9.55 Å². The van der Waals surface area contributed by atoms with Gasteiger partial charge in [-0.15, -0.1) is 0 Å². The van der Waals surface area contributed by atoms with Crippen molar-refractivity contribution in [3.63, 3.8) is 0 Å². The maximum Gasteiger partial charge on any atom is 0.351 e. The van der Waals surface area contributed by atoms with Crippen molar-refractivity contribution in [2.45, 2.75) is 24.5 Å². The predicted octanol–water partition coefficient (Wildman–Crippen LogP) is -0.393. The molecule has 1 saturated heterocycles. The van der Waals surface area contributed by atoms with Crippen LogP contribution in [0, 0.1) is 0 Å². The Balaban J connectivity index is 1.94. The molecule has 2 heterocycles. The maximum absolute atomic E-state index is 12.1. The Labute approximate surface area is 143 Å². The van der Waals surface area contributed by atoms with Gasteiger partial charge in [0, 0.05) is 11.8 Å². The minimum Gasteiger partial charge on any atom is -0.394 e. The van der Waals surface area contributed by atoms with Crippen LogP contribution < -0.4 is 11.4 Å². The number of hydrogen-bond donors (Lipinski definition) is 4. The van der Waals surface area contributed by atoms with E-state index in [1.54, 1.807) is 12.2 Å². The van der Waals surface area contributed by atoms with E-state index in [4.69, 9.17) is 15.6 Å². The Hall–Kier alpha value is -2.52. The van der Waals surface area contributed by atoms with Crippen molar-refractivity contribution >= 4 is 18.0 Å². The molecule has 1 aliphatic heterocycles. The zero-order chi connectivity index (χ0) is 18.0. The van der Waals surface area contributed by atoms with E-state index in [9.17, 15) is 15.0 Å². The summed E-state index contributed by atoms with van der Waals surface area (Å²) in [4.78, 5) is 15.9. The van der Waals surface area contributed by atoms with Gasteiger partial charge in [0.2, 0.25) is 0 Å². The maximum atomic E-state index is 12.1. The Kier molecular flexibility index (Phi) is 4.95. The lowest BCUT2D eigenvalue weighted by Crippen LogP contribution is -2.36. The van der Waals surface area contributed by atoms with Gasteiger partial charge in [-0.25, -0.2) is 4.79 Å². The second-order valence-corrected chi connectivity index (χ2v) is 5.74. The van der Waals surface area contributed by atoms with Crippen molar-refractivity contribution in [2.75, 3.05) is 12.3 Å². The van der Waals surface area contributed by atoms with Gasteiger partial charge in [0.1, 0.15) is 24.1 Å². The Bertz CT molecular complexity index is 821. The van der Waals surface area contributed by atoms with Gasteiger partial charge in [0.05, 0.1) is 6.61 Å². The first kappa shape index (κ1) is 17.3. The quantitative estimate of drug-likeness (QED) is 0.593. The van der Waals surface area contributed by atoms with Crippen LogP contribution >= 0.6 is 0 Å². The first-order valence-corrected chi connectivity index (χ1v) is 7.75. The third kappa shape index (κ3) is 3.47. The van der Waals surface area contributed by atoms with Gasteiger partial charge in [0.25, 0.3) is 0 Å². The monoisotopic (exact) mass is 345 g/mol. The van der Waals surface area contributed by atoms with Crippen molar-refractivity contribution < 1.29 is 20.1 Å². The molecule has 8 nitrogen and oxygen atoms in total. The average Bonchev–Trinajstić information content (AvgIpc) is 2.90.